The molecule has 0 saturated carbocycles. The third-order valence-corrected chi connectivity index (χ3v) is 7.29. The van der Waals surface area contributed by atoms with Gasteiger partial charge in [-0.05, 0) is 37.4 Å². The molecule has 28 heavy (non-hydrogen) atoms. The van der Waals surface area contributed by atoms with Gasteiger partial charge in [-0.15, -0.1) is 0 Å². The average Bonchev–Trinajstić information content (AvgIpc) is 2.71. The molecule has 0 aliphatic heterocycles. The fourth-order valence-electron chi connectivity index (χ4n) is 2.62. The van der Waals surface area contributed by atoms with Gasteiger partial charge in [0, 0.05) is 0 Å². The molecular formula is C21H45NO4PS+. The summed E-state index contributed by atoms with van der Waals surface area (Å²) in [5.41, 5.74) is 0. The SMILES string of the molecule is [CH2+]OP(=O)(OCC(C)CSCCCCCCCCCCCC)OCN(C)CC. The molecule has 0 fully saturated rings. The summed E-state index contributed by atoms with van der Waals surface area (Å²) in [6.45, 7) is 7.70. The summed E-state index contributed by atoms with van der Waals surface area (Å²) in [5.74, 6) is 2.47. The van der Waals surface area contributed by atoms with Crippen LogP contribution in [0.25, 0.3) is 0 Å². The van der Waals surface area contributed by atoms with Crippen LogP contribution in [0.5, 0.6) is 0 Å². The van der Waals surface area contributed by atoms with Crippen molar-refractivity contribution in [2.24, 2.45) is 5.92 Å². The molecule has 168 valence electrons. The Morgan fingerprint density at radius 1 is 0.964 bits per heavy atom. The maximum absolute atomic E-state index is 12.3. The molecule has 0 bridgehead atoms. The predicted octanol–water partition coefficient (Wildman–Crippen LogP) is 7.14. The lowest BCUT2D eigenvalue weighted by Gasteiger charge is -2.19. The molecule has 5 nitrogen and oxygen atoms in total. The van der Waals surface area contributed by atoms with E-state index >= 15 is 0 Å². The highest BCUT2D eigenvalue weighted by Crippen LogP contribution is 2.49. The van der Waals surface area contributed by atoms with Crippen LogP contribution >= 0.6 is 19.6 Å². The van der Waals surface area contributed by atoms with Crippen molar-refractivity contribution in [3.8, 4) is 0 Å². The lowest BCUT2D eigenvalue weighted by atomic mass is 10.1. The monoisotopic (exact) mass is 438 g/mol. The molecule has 0 amide bonds. The highest BCUT2D eigenvalue weighted by atomic mass is 32.2. The van der Waals surface area contributed by atoms with Gasteiger partial charge < -0.3 is 0 Å². The fraction of sp³-hybridized carbons (Fsp3) is 0.952. The first-order valence-corrected chi connectivity index (χ1v) is 13.7. The molecule has 0 N–H and O–H groups in total. The number of nitrogens with zero attached hydrogens (tertiary/aromatic N) is 1. The topological polar surface area (TPSA) is 48.0 Å². The van der Waals surface area contributed by atoms with Crippen LogP contribution in [0, 0.1) is 13.0 Å². The van der Waals surface area contributed by atoms with Crippen LogP contribution in [-0.2, 0) is 18.1 Å². The standard InChI is InChI=1S/C21H45NO4PS/c1-6-8-9-10-11-12-13-14-15-16-17-28-19-21(3)18-25-27(23,24-5)26-20-22(4)7-2/h21H,5-20H2,1-4H3/q+1. The summed E-state index contributed by atoms with van der Waals surface area (Å²) in [4.78, 5) is 1.88. The molecule has 7 heteroatoms. The predicted molar refractivity (Wildman–Crippen MR) is 123 cm³/mol. The van der Waals surface area contributed by atoms with E-state index in [4.69, 9.17) is 13.6 Å². The molecule has 0 radical (unpaired) electrons. The summed E-state index contributed by atoms with van der Waals surface area (Å²) in [6, 6.07) is 0. The van der Waals surface area contributed by atoms with Crippen LogP contribution in [0.3, 0.4) is 0 Å². The van der Waals surface area contributed by atoms with Gasteiger partial charge in [0.05, 0.1) is 6.61 Å². The Labute approximate surface area is 179 Å². The minimum Gasteiger partial charge on any atom is -0.284 e. The molecule has 0 aliphatic rings. The lowest BCUT2D eigenvalue weighted by molar-refractivity contribution is 0.0817. The molecular weight excluding hydrogens is 393 g/mol. The highest BCUT2D eigenvalue weighted by Gasteiger charge is 2.30. The molecule has 0 heterocycles. The van der Waals surface area contributed by atoms with Crippen molar-refractivity contribution in [1.82, 2.24) is 4.90 Å². The Morgan fingerprint density at radius 3 is 2.07 bits per heavy atom. The molecule has 0 aliphatic carbocycles. The minimum atomic E-state index is -3.55. The van der Waals surface area contributed by atoms with Gasteiger partial charge in [-0.2, -0.15) is 11.8 Å². The van der Waals surface area contributed by atoms with Crippen LogP contribution < -0.4 is 0 Å². The molecule has 0 rings (SSSR count). The molecule has 0 aromatic rings. The van der Waals surface area contributed by atoms with E-state index in [2.05, 4.69) is 21.0 Å². The van der Waals surface area contributed by atoms with E-state index in [-0.39, 0.29) is 6.73 Å². The Morgan fingerprint density at radius 2 is 1.54 bits per heavy atom. The Bertz CT molecular complexity index is 387. The molecule has 0 saturated heterocycles. The second kappa shape index (κ2) is 19.3. The Balaban J connectivity index is 3.58. The number of hydrogen-bond acceptors (Lipinski definition) is 6. The largest absolute Gasteiger partial charge is 0.515 e. The zero-order valence-electron chi connectivity index (χ0n) is 18.8. The van der Waals surface area contributed by atoms with Crippen LogP contribution in [0.1, 0.15) is 85.0 Å². The molecule has 2 atom stereocenters. The van der Waals surface area contributed by atoms with Gasteiger partial charge in [0.1, 0.15) is 6.73 Å². The highest BCUT2D eigenvalue weighted by molar-refractivity contribution is 7.99. The third-order valence-electron chi connectivity index (χ3n) is 4.70. The maximum Gasteiger partial charge on any atom is 0.515 e. The average molecular weight is 439 g/mol. The maximum atomic E-state index is 12.3. The summed E-state index contributed by atoms with van der Waals surface area (Å²) in [7, 11) is 1.56. The second-order valence-corrected chi connectivity index (χ2v) is 10.5. The molecule has 0 spiro atoms. The van der Waals surface area contributed by atoms with E-state index in [0.717, 1.165) is 12.3 Å². The van der Waals surface area contributed by atoms with Crippen LogP contribution in [0.15, 0.2) is 0 Å². The van der Waals surface area contributed by atoms with Crippen molar-refractivity contribution in [2.75, 3.05) is 38.4 Å². The normalized spacial score (nSPS) is 15.0. The second-order valence-electron chi connectivity index (χ2n) is 7.66. The van der Waals surface area contributed by atoms with E-state index in [1.165, 1.54) is 70.0 Å². The lowest BCUT2D eigenvalue weighted by Crippen LogP contribution is -2.21. The van der Waals surface area contributed by atoms with E-state index < -0.39 is 7.82 Å². The summed E-state index contributed by atoms with van der Waals surface area (Å²) in [5, 5.41) is 0. The number of phosphoric acid groups is 1. The summed E-state index contributed by atoms with van der Waals surface area (Å²) < 4.78 is 27.7. The van der Waals surface area contributed by atoms with Crippen LogP contribution in [0.2, 0.25) is 0 Å². The van der Waals surface area contributed by atoms with Gasteiger partial charge in [0.2, 0.25) is 7.11 Å². The number of thioether (sulfide) groups is 1. The number of unbranched alkanes of at least 4 members (excludes halogenated alkanes) is 9. The van der Waals surface area contributed by atoms with Gasteiger partial charge in [-0.25, -0.2) is 4.57 Å². The fourth-order valence-corrected chi connectivity index (χ4v) is 4.69. The van der Waals surface area contributed by atoms with E-state index in [0.29, 0.717) is 12.5 Å². The summed E-state index contributed by atoms with van der Waals surface area (Å²) in [6.07, 6.45) is 13.7. The first-order chi connectivity index (χ1) is 13.5. The van der Waals surface area contributed by atoms with Gasteiger partial charge in [0.25, 0.3) is 0 Å². The molecule has 2 unspecified atom stereocenters. The van der Waals surface area contributed by atoms with Crippen molar-refractivity contribution < 1.29 is 18.1 Å². The van der Waals surface area contributed by atoms with E-state index in [1.54, 1.807) is 0 Å². The third kappa shape index (κ3) is 17.2. The van der Waals surface area contributed by atoms with Gasteiger partial charge in [-0.1, -0.05) is 83.1 Å². The number of rotatable bonds is 21. The minimum absolute atomic E-state index is 0.200. The van der Waals surface area contributed by atoms with Crippen molar-refractivity contribution in [1.29, 1.82) is 0 Å². The van der Waals surface area contributed by atoms with E-state index in [1.807, 2.05) is 30.6 Å². The van der Waals surface area contributed by atoms with Gasteiger partial charge in [0.15, 0.2) is 0 Å². The van der Waals surface area contributed by atoms with E-state index in [9.17, 15) is 4.57 Å². The quantitative estimate of drug-likeness (QED) is 0.0822. The molecule has 0 aromatic heterocycles. The van der Waals surface area contributed by atoms with Crippen LogP contribution in [0.4, 0.5) is 0 Å². The summed E-state index contributed by atoms with van der Waals surface area (Å²) >= 11 is 1.94. The van der Waals surface area contributed by atoms with Crippen LogP contribution in [-0.4, -0.2) is 43.3 Å². The number of phosphoric ester groups is 1. The molecule has 0 aromatic carbocycles. The van der Waals surface area contributed by atoms with Crippen molar-refractivity contribution in [3.05, 3.63) is 7.11 Å². The smallest absolute Gasteiger partial charge is 0.284 e. The van der Waals surface area contributed by atoms with Gasteiger partial charge in [-0.3, -0.25) is 13.9 Å². The van der Waals surface area contributed by atoms with Crippen molar-refractivity contribution in [2.45, 2.75) is 85.0 Å². The van der Waals surface area contributed by atoms with Gasteiger partial charge >= 0.3 is 7.82 Å². The first-order valence-electron chi connectivity index (χ1n) is 11.1. The Kier molecular flexibility index (Phi) is 19.5. The zero-order valence-corrected chi connectivity index (χ0v) is 20.5. The zero-order chi connectivity index (χ0) is 21.1. The Hall–Kier alpha value is 0.290. The van der Waals surface area contributed by atoms with Crippen molar-refractivity contribution >= 4 is 19.6 Å². The first kappa shape index (κ1) is 28.3. The number of hydrogen-bond donors (Lipinski definition) is 0. The van der Waals surface area contributed by atoms with Crippen molar-refractivity contribution in [3.63, 3.8) is 0 Å².